The number of rotatable bonds is 6. The Balaban J connectivity index is 1.49. The van der Waals surface area contributed by atoms with Gasteiger partial charge in [-0.05, 0) is 12.8 Å². The molecule has 0 saturated carbocycles. The van der Waals surface area contributed by atoms with Crippen molar-refractivity contribution in [3.8, 4) is 5.88 Å². The van der Waals surface area contributed by atoms with Gasteiger partial charge in [0.25, 0.3) is 0 Å². The number of amides is 1. The zero-order valence-electron chi connectivity index (χ0n) is 14.0. The number of Topliss-reactive ketones (excluding diaryl/α,β-unsaturated/α-hetero) is 1. The largest absolute Gasteiger partial charge is 0.472 e. The second-order valence-electron chi connectivity index (χ2n) is 6.06. The van der Waals surface area contributed by atoms with Crippen LogP contribution in [0, 0.1) is 0 Å². The number of benzene rings is 1. The molecule has 25 heavy (non-hydrogen) atoms. The molecule has 1 fully saturated rings. The summed E-state index contributed by atoms with van der Waals surface area (Å²) in [4.78, 5) is 34.3. The molecule has 0 N–H and O–H groups in total. The van der Waals surface area contributed by atoms with Crippen LogP contribution in [-0.4, -0.2) is 45.8 Å². The zero-order chi connectivity index (χ0) is 17.5. The molecule has 1 atom stereocenters. The van der Waals surface area contributed by atoms with E-state index in [1.54, 1.807) is 29.3 Å². The molecule has 0 radical (unpaired) electrons. The third-order valence-corrected chi connectivity index (χ3v) is 4.23. The van der Waals surface area contributed by atoms with Gasteiger partial charge < -0.3 is 9.64 Å². The van der Waals surface area contributed by atoms with E-state index in [1.165, 1.54) is 6.33 Å². The summed E-state index contributed by atoms with van der Waals surface area (Å²) in [5, 5.41) is 0. The van der Waals surface area contributed by atoms with Crippen molar-refractivity contribution in [2.75, 3.05) is 13.1 Å². The summed E-state index contributed by atoms with van der Waals surface area (Å²) in [6, 6.07) is 10.8. The molecular weight excluding hydrogens is 318 g/mol. The van der Waals surface area contributed by atoms with Crippen LogP contribution in [0.5, 0.6) is 5.88 Å². The van der Waals surface area contributed by atoms with Crippen molar-refractivity contribution in [3.63, 3.8) is 0 Å². The van der Waals surface area contributed by atoms with E-state index in [-0.39, 0.29) is 30.6 Å². The maximum atomic E-state index is 12.4. The molecule has 1 aromatic heterocycles. The lowest BCUT2D eigenvalue weighted by Gasteiger charge is -2.32. The first-order chi connectivity index (χ1) is 12.2. The number of aromatic nitrogens is 2. The fourth-order valence-electron chi connectivity index (χ4n) is 2.93. The van der Waals surface area contributed by atoms with Gasteiger partial charge in [-0.15, -0.1) is 0 Å². The Labute approximate surface area is 146 Å². The molecule has 2 aromatic rings. The van der Waals surface area contributed by atoms with Crippen LogP contribution in [0.1, 0.15) is 36.0 Å². The van der Waals surface area contributed by atoms with Crippen molar-refractivity contribution in [3.05, 3.63) is 54.5 Å². The molecular formula is C19H21N3O3. The van der Waals surface area contributed by atoms with E-state index >= 15 is 0 Å². The van der Waals surface area contributed by atoms with Gasteiger partial charge in [0.1, 0.15) is 12.4 Å². The summed E-state index contributed by atoms with van der Waals surface area (Å²) in [5.74, 6) is 0.522. The Bertz CT molecular complexity index is 706. The average Bonchev–Trinajstić information content (AvgIpc) is 2.67. The van der Waals surface area contributed by atoms with Crippen LogP contribution < -0.4 is 4.74 Å². The van der Waals surface area contributed by atoms with E-state index in [4.69, 9.17) is 4.74 Å². The van der Waals surface area contributed by atoms with Crippen molar-refractivity contribution in [1.82, 2.24) is 14.9 Å². The number of carbonyl (C=O) groups excluding carboxylic acids is 2. The maximum Gasteiger partial charge on any atom is 0.223 e. The summed E-state index contributed by atoms with van der Waals surface area (Å²) in [5.41, 5.74) is 0.652. The molecule has 0 spiro atoms. The summed E-state index contributed by atoms with van der Waals surface area (Å²) >= 11 is 0. The van der Waals surface area contributed by atoms with E-state index in [2.05, 4.69) is 9.97 Å². The third-order valence-electron chi connectivity index (χ3n) is 4.23. The van der Waals surface area contributed by atoms with Gasteiger partial charge in [-0.3, -0.25) is 9.59 Å². The van der Waals surface area contributed by atoms with Crippen molar-refractivity contribution < 1.29 is 14.3 Å². The maximum absolute atomic E-state index is 12.4. The predicted octanol–water partition coefficient (Wildman–Crippen LogP) is 2.51. The van der Waals surface area contributed by atoms with Gasteiger partial charge in [0.15, 0.2) is 5.78 Å². The number of hydrogen-bond donors (Lipinski definition) is 0. The molecule has 2 heterocycles. The number of carbonyl (C=O) groups is 2. The van der Waals surface area contributed by atoms with E-state index in [0.717, 1.165) is 12.8 Å². The van der Waals surface area contributed by atoms with Gasteiger partial charge in [-0.2, -0.15) is 0 Å². The average molecular weight is 339 g/mol. The molecule has 130 valence electrons. The second-order valence-corrected chi connectivity index (χ2v) is 6.06. The van der Waals surface area contributed by atoms with Gasteiger partial charge in [0.2, 0.25) is 11.8 Å². The SMILES string of the molecule is O=C(CCC(=O)N1CCC[C@@H](Oc2ccncn2)C1)c1ccccc1. The van der Waals surface area contributed by atoms with Gasteiger partial charge in [-0.25, -0.2) is 9.97 Å². The highest BCUT2D eigenvalue weighted by Gasteiger charge is 2.25. The van der Waals surface area contributed by atoms with Gasteiger partial charge in [0.05, 0.1) is 6.54 Å². The predicted molar refractivity (Wildman–Crippen MR) is 92.3 cm³/mol. The second kappa shape index (κ2) is 8.37. The molecule has 1 amide bonds. The Morgan fingerprint density at radius 2 is 2.00 bits per heavy atom. The fraction of sp³-hybridized carbons (Fsp3) is 0.368. The fourth-order valence-corrected chi connectivity index (χ4v) is 2.93. The van der Waals surface area contributed by atoms with E-state index in [9.17, 15) is 9.59 Å². The zero-order valence-corrected chi connectivity index (χ0v) is 14.0. The van der Waals surface area contributed by atoms with E-state index in [0.29, 0.717) is 24.5 Å². The Kier molecular flexibility index (Phi) is 5.72. The van der Waals surface area contributed by atoms with E-state index < -0.39 is 0 Å². The first kappa shape index (κ1) is 17.1. The Morgan fingerprint density at radius 3 is 2.76 bits per heavy atom. The van der Waals surface area contributed by atoms with Crippen LogP contribution in [0.2, 0.25) is 0 Å². The number of ketones is 1. The molecule has 1 aliphatic rings. The Morgan fingerprint density at radius 1 is 1.16 bits per heavy atom. The number of nitrogens with zero attached hydrogens (tertiary/aromatic N) is 3. The van der Waals surface area contributed by atoms with Crippen LogP contribution >= 0.6 is 0 Å². The van der Waals surface area contributed by atoms with Crippen LogP contribution in [0.4, 0.5) is 0 Å². The van der Waals surface area contributed by atoms with Crippen LogP contribution in [0.25, 0.3) is 0 Å². The topological polar surface area (TPSA) is 72.4 Å². The normalized spacial score (nSPS) is 17.1. The lowest BCUT2D eigenvalue weighted by molar-refractivity contribution is -0.133. The van der Waals surface area contributed by atoms with Crippen molar-refractivity contribution in [2.45, 2.75) is 31.8 Å². The minimum atomic E-state index is -0.0718. The van der Waals surface area contributed by atoms with Crippen LogP contribution in [0.3, 0.4) is 0 Å². The molecule has 0 bridgehead atoms. The van der Waals surface area contributed by atoms with Crippen molar-refractivity contribution >= 4 is 11.7 Å². The monoisotopic (exact) mass is 339 g/mol. The van der Waals surface area contributed by atoms with E-state index in [1.807, 2.05) is 18.2 Å². The standard InChI is InChI=1S/C19H21N3O3/c23-17(15-5-2-1-3-6-15)8-9-19(24)22-12-4-7-16(13-22)25-18-10-11-20-14-21-18/h1-3,5-6,10-11,14,16H,4,7-9,12-13H2/t16-/m1/s1. The number of ether oxygens (including phenoxy) is 1. The van der Waals surface area contributed by atoms with Gasteiger partial charge in [-0.1, -0.05) is 30.3 Å². The van der Waals surface area contributed by atoms with Crippen LogP contribution in [0.15, 0.2) is 48.9 Å². The number of hydrogen-bond acceptors (Lipinski definition) is 5. The summed E-state index contributed by atoms with van der Waals surface area (Å²) in [6.07, 6.45) is 5.23. The summed E-state index contributed by atoms with van der Waals surface area (Å²) in [7, 11) is 0. The molecule has 1 saturated heterocycles. The Hall–Kier alpha value is -2.76. The molecule has 6 nitrogen and oxygen atoms in total. The van der Waals surface area contributed by atoms with Crippen LogP contribution in [-0.2, 0) is 4.79 Å². The minimum absolute atomic E-state index is 0.000236. The molecule has 1 aliphatic heterocycles. The highest BCUT2D eigenvalue weighted by atomic mass is 16.5. The van der Waals surface area contributed by atoms with Crippen molar-refractivity contribution in [2.24, 2.45) is 0 Å². The molecule has 0 unspecified atom stereocenters. The highest BCUT2D eigenvalue weighted by Crippen LogP contribution is 2.17. The molecule has 6 heteroatoms. The first-order valence-corrected chi connectivity index (χ1v) is 8.51. The van der Waals surface area contributed by atoms with Gasteiger partial charge >= 0.3 is 0 Å². The lowest BCUT2D eigenvalue weighted by atomic mass is 10.0. The summed E-state index contributed by atoms with van der Waals surface area (Å²) in [6.45, 7) is 1.24. The number of likely N-dealkylation sites (tertiary alicyclic amines) is 1. The quantitative estimate of drug-likeness (QED) is 0.756. The molecule has 1 aromatic carbocycles. The third kappa shape index (κ3) is 4.86. The van der Waals surface area contributed by atoms with Gasteiger partial charge in [0, 0.05) is 37.2 Å². The van der Waals surface area contributed by atoms with Crippen molar-refractivity contribution in [1.29, 1.82) is 0 Å². The smallest absolute Gasteiger partial charge is 0.223 e. The highest BCUT2D eigenvalue weighted by molar-refractivity contribution is 5.97. The first-order valence-electron chi connectivity index (χ1n) is 8.51. The molecule has 3 rings (SSSR count). The lowest BCUT2D eigenvalue weighted by Crippen LogP contribution is -2.44. The summed E-state index contributed by atoms with van der Waals surface area (Å²) < 4.78 is 5.82. The molecule has 0 aliphatic carbocycles. The number of piperidine rings is 1. The minimum Gasteiger partial charge on any atom is -0.472 e.